The molecule has 0 radical (unpaired) electrons. The molecule has 9 heteroatoms. The summed E-state index contributed by atoms with van der Waals surface area (Å²) >= 11 is 0. The van der Waals surface area contributed by atoms with Crippen LogP contribution in [0.25, 0.3) is 0 Å². The van der Waals surface area contributed by atoms with Gasteiger partial charge in [0, 0.05) is 12.6 Å². The molecule has 0 unspecified atom stereocenters. The molecule has 1 aromatic heterocycles. The SMILES string of the molecule is CC(C)C[C@@H](C(=O)c1nn(CCN(C)C)c(=O)o1)N(C=O)C1CCCCC1.Cl. The Balaban J connectivity index is 0.00000392. The van der Waals surface area contributed by atoms with Crippen molar-refractivity contribution in [2.24, 2.45) is 5.92 Å². The lowest BCUT2D eigenvalue weighted by atomic mass is 9.91. The molecule has 1 aliphatic carbocycles. The molecule has 0 N–H and O–H groups in total. The lowest BCUT2D eigenvalue weighted by Gasteiger charge is -2.36. The average Bonchev–Trinajstić information content (AvgIpc) is 3.00. The minimum Gasteiger partial charge on any atom is -0.384 e. The van der Waals surface area contributed by atoms with E-state index in [9.17, 15) is 14.4 Å². The molecule has 160 valence electrons. The van der Waals surface area contributed by atoms with Gasteiger partial charge in [0.1, 0.15) is 6.04 Å². The van der Waals surface area contributed by atoms with Gasteiger partial charge in [0.15, 0.2) is 0 Å². The number of aromatic nitrogens is 2. The fraction of sp³-hybridized carbons (Fsp3) is 0.789. The van der Waals surface area contributed by atoms with Crippen LogP contribution in [-0.4, -0.2) is 64.5 Å². The number of ketones is 1. The van der Waals surface area contributed by atoms with Crippen LogP contribution in [-0.2, 0) is 11.3 Å². The number of halogens is 1. The molecule has 0 bridgehead atoms. The van der Waals surface area contributed by atoms with Crippen LogP contribution >= 0.6 is 12.4 Å². The largest absolute Gasteiger partial charge is 0.437 e. The van der Waals surface area contributed by atoms with E-state index in [4.69, 9.17) is 4.42 Å². The lowest BCUT2D eigenvalue weighted by Crippen LogP contribution is -2.48. The van der Waals surface area contributed by atoms with E-state index < -0.39 is 11.8 Å². The topological polar surface area (TPSA) is 88.7 Å². The Kier molecular flexibility index (Phi) is 9.89. The molecule has 1 atom stereocenters. The Morgan fingerprint density at radius 1 is 1.29 bits per heavy atom. The van der Waals surface area contributed by atoms with E-state index in [0.29, 0.717) is 19.5 Å². The van der Waals surface area contributed by atoms with E-state index in [1.165, 1.54) is 4.68 Å². The molecule has 8 nitrogen and oxygen atoms in total. The molecule has 1 fully saturated rings. The number of carbonyl (C=O) groups is 2. The first kappa shape index (κ1) is 24.4. The van der Waals surface area contributed by atoms with Crippen molar-refractivity contribution in [1.29, 1.82) is 0 Å². The summed E-state index contributed by atoms with van der Waals surface area (Å²) in [6.45, 7) is 4.97. The Morgan fingerprint density at radius 3 is 2.46 bits per heavy atom. The van der Waals surface area contributed by atoms with Crippen molar-refractivity contribution < 1.29 is 14.0 Å². The highest BCUT2D eigenvalue weighted by Crippen LogP contribution is 2.26. The normalized spacial score (nSPS) is 16.1. The Hall–Kier alpha value is -1.67. The van der Waals surface area contributed by atoms with Crippen molar-refractivity contribution in [2.45, 2.75) is 71.0 Å². The van der Waals surface area contributed by atoms with Crippen molar-refractivity contribution in [3.8, 4) is 0 Å². The molecule has 1 aliphatic rings. The quantitative estimate of drug-likeness (QED) is 0.429. The molecule has 2 rings (SSSR count). The highest BCUT2D eigenvalue weighted by molar-refractivity contribution is 5.97. The second kappa shape index (κ2) is 11.4. The molecule has 1 heterocycles. The van der Waals surface area contributed by atoms with Gasteiger partial charge < -0.3 is 14.2 Å². The van der Waals surface area contributed by atoms with Crippen molar-refractivity contribution in [3.63, 3.8) is 0 Å². The van der Waals surface area contributed by atoms with Crippen LogP contribution < -0.4 is 5.76 Å². The predicted molar refractivity (Wildman–Crippen MR) is 109 cm³/mol. The van der Waals surface area contributed by atoms with Crippen molar-refractivity contribution >= 4 is 24.6 Å². The zero-order chi connectivity index (χ0) is 20.0. The van der Waals surface area contributed by atoms with Crippen molar-refractivity contribution in [1.82, 2.24) is 19.6 Å². The van der Waals surface area contributed by atoms with Gasteiger partial charge in [-0.2, -0.15) is 4.68 Å². The lowest BCUT2D eigenvalue weighted by molar-refractivity contribution is -0.122. The Bertz CT molecular complexity index is 680. The zero-order valence-electron chi connectivity index (χ0n) is 17.3. The number of hydrogen-bond donors (Lipinski definition) is 0. The monoisotopic (exact) mass is 416 g/mol. The van der Waals surface area contributed by atoms with Crippen LogP contribution in [0.4, 0.5) is 0 Å². The molecule has 1 saturated carbocycles. The summed E-state index contributed by atoms with van der Waals surface area (Å²) in [6.07, 6.45) is 6.39. The van der Waals surface area contributed by atoms with E-state index in [2.05, 4.69) is 5.10 Å². The summed E-state index contributed by atoms with van der Waals surface area (Å²) in [7, 11) is 3.78. The van der Waals surface area contributed by atoms with Gasteiger partial charge in [0.25, 0.3) is 5.89 Å². The van der Waals surface area contributed by atoms with Crippen LogP contribution in [0.5, 0.6) is 0 Å². The van der Waals surface area contributed by atoms with Gasteiger partial charge in [-0.1, -0.05) is 33.1 Å². The van der Waals surface area contributed by atoms with Crippen LogP contribution in [0.15, 0.2) is 9.21 Å². The maximum Gasteiger partial charge on any atom is 0.437 e. The number of amides is 1. The van der Waals surface area contributed by atoms with E-state index in [1.807, 2.05) is 32.8 Å². The molecule has 1 amide bonds. The molecule has 0 aromatic carbocycles. The molecular weight excluding hydrogens is 384 g/mol. The third kappa shape index (κ3) is 6.44. The summed E-state index contributed by atoms with van der Waals surface area (Å²) in [5.41, 5.74) is 0. The molecule has 28 heavy (non-hydrogen) atoms. The number of Topliss-reactive ketones (excluding diaryl/α,β-unsaturated/α-hetero) is 1. The third-order valence-electron chi connectivity index (χ3n) is 5.05. The second-order valence-corrected chi connectivity index (χ2v) is 8.05. The summed E-state index contributed by atoms with van der Waals surface area (Å²) in [6, 6.07) is -0.586. The molecular formula is C19H33ClN4O4. The molecule has 0 spiro atoms. The number of rotatable bonds is 10. The minimum atomic E-state index is -0.647. The predicted octanol–water partition coefficient (Wildman–Crippen LogP) is 2.21. The van der Waals surface area contributed by atoms with E-state index in [0.717, 1.165) is 38.5 Å². The Morgan fingerprint density at radius 2 is 1.93 bits per heavy atom. The minimum absolute atomic E-state index is 0. The highest BCUT2D eigenvalue weighted by Gasteiger charge is 2.35. The fourth-order valence-corrected chi connectivity index (χ4v) is 3.59. The van der Waals surface area contributed by atoms with E-state index in [1.54, 1.807) is 4.90 Å². The third-order valence-corrected chi connectivity index (χ3v) is 5.05. The number of likely N-dealkylation sites (N-methyl/N-ethyl adjacent to an activating group) is 1. The number of carbonyl (C=O) groups excluding carboxylic acids is 2. The maximum atomic E-state index is 13.1. The van der Waals surface area contributed by atoms with Gasteiger partial charge in [-0.25, -0.2) is 4.79 Å². The van der Waals surface area contributed by atoms with Crippen molar-refractivity contribution in [2.75, 3.05) is 20.6 Å². The van der Waals surface area contributed by atoms with Crippen LogP contribution in [0.2, 0.25) is 0 Å². The summed E-state index contributed by atoms with van der Waals surface area (Å²) < 4.78 is 6.31. The number of hydrogen-bond acceptors (Lipinski definition) is 6. The van der Waals surface area contributed by atoms with Gasteiger partial charge >= 0.3 is 5.76 Å². The summed E-state index contributed by atoms with van der Waals surface area (Å²) in [4.78, 5) is 40.6. The van der Waals surface area contributed by atoms with Gasteiger partial charge in [-0.15, -0.1) is 17.5 Å². The maximum absolute atomic E-state index is 13.1. The molecule has 1 aromatic rings. The molecule has 0 aliphatic heterocycles. The second-order valence-electron chi connectivity index (χ2n) is 8.05. The summed E-state index contributed by atoms with van der Waals surface area (Å²) in [5, 5.41) is 4.09. The molecule has 0 saturated heterocycles. The van der Waals surface area contributed by atoms with Crippen molar-refractivity contribution in [3.05, 3.63) is 16.4 Å². The van der Waals surface area contributed by atoms with Gasteiger partial charge in [0.2, 0.25) is 12.2 Å². The van der Waals surface area contributed by atoms with Crippen LogP contribution in [0, 0.1) is 5.92 Å². The number of nitrogens with zero attached hydrogens (tertiary/aromatic N) is 4. The van der Waals surface area contributed by atoms with Gasteiger partial charge in [-0.3, -0.25) is 9.59 Å². The fourth-order valence-electron chi connectivity index (χ4n) is 3.59. The van der Waals surface area contributed by atoms with Gasteiger partial charge in [-0.05, 0) is 39.3 Å². The van der Waals surface area contributed by atoms with Gasteiger partial charge in [0.05, 0.1) is 6.54 Å². The first-order valence-electron chi connectivity index (χ1n) is 9.83. The Labute approximate surface area is 172 Å². The highest BCUT2D eigenvalue weighted by atomic mass is 35.5. The van der Waals surface area contributed by atoms with Crippen LogP contribution in [0.3, 0.4) is 0 Å². The first-order valence-corrected chi connectivity index (χ1v) is 9.83. The smallest absolute Gasteiger partial charge is 0.384 e. The van der Waals surface area contributed by atoms with Crippen LogP contribution in [0.1, 0.15) is 63.1 Å². The average molecular weight is 417 g/mol. The standard InChI is InChI=1S/C19H32N4O4.ClH/c1-14(2)12-16(22(13-24)15-8-6-5-7-9-15)17(25)18-20-23(19(26)27-18)11-10-21(3)4;/h13-16H,5-12H2,1-4H3;1H/t16-;/m0./s1. The van der Waals surface area contributed by atoms with E-state index in [-0.39, 0.29) is 36.0 Å². The zero-order valence-corrected chi connectivity index (χ0v) is 18.1. The first-order chi connectivity index (χ1) is 12.8. The van der Waals surface area contributed by atoms with E-state index >= 15 is 0 Å². The summed E-state index contributed by atoms with van der Waals surface area (Å²) in [5.74, 6) is -1.01.